The fourth-order valence-electron chi connectivity index (χ4n) is 15.9. The third-order valence-corrected chi connectivity index (χ3v) is 19.6. The van der Waals surface area contributed by atoms with Crippen molar-refractivity contribution in [1.82, 2.24) is 15.5 Å². The van der Waals surface area contributed by atoms with Crippen LogP contribution in [0.3, 0.4) is 0 Å². The standard InChI is InChI=1S/C68H83N3O2/c1-51(60-37-38-62-61(60)39-40-64-63(62)36-35-58-50-59(72)42-44-66(58,64)2)34-41-65(73)69-45-48-71(47-21-43-67(52-22-9-3-10-23-52,53-24-11-4-12-25-53)54-26-13-5-14-27-54)49-46-70-68(55-28-15-6-16-29-55,56-30-17-7-18-31-56)57-32-19-8-20-33-57/h3-20,22-33,51,58-64,70,72H,21,34-50H2,1-2H3,(H,69,73)/t51-,58-,59-,60-,61-,62-,63+,64+,66+/m1/s1. The van der Waals surface area contributed by atoms with Crippen LogP contribution in [0.5, 0.6) is 0 Å². The van der Waals surface area contributed by atoms with Gasteiger partial charge in [0.15, 0.2) is 0 Å². The van der Waals surface area contributed by atoms with Crippen LogP contribution in [0.15, 0.2) is 182 Å². The van der Waals surface area contributed by atoms with E-state index < -0.39 is 5.54 Å². The van der Waals surface area contributed by atoms with E-state index in [1.807, 2.05) is 0 Å². The molecule has 0 spiro atoms. The molecule has 73 heavy (non-hydrogen) atoms. The lowest BCUT2D eigenvalue weighted by atomic mass is 9.47. The van der Waals surface area contributed by atoms with Crippen LogP contribution in [-0.4, -0.2) is 54.7 Å². The molecule has 9 atom stereocenters. The normalized spacial score (nSPS) is 25.3. The number of benzene rings is 6. The molecule has 0 aliphatic heterocycles. The third kappa shape index (κ3) is 10.8. The number of aliphatic hydroxyl groups excluding tert-OH is 1. The zero-order chi connectivity index (χ0) is 50.1. The fourth-order valence-corrected chi connectivity index (χ4v) is 15.9. The van der Waals surface area contributed by atoms with E-state index in [1.165, 1.54) is 78.3 Å². The maximum Gasteiger partial charge on any atom is 0.220 e. The number of aliphatic hydroxyl groups is 1. The maximum atomic E-state index is 13.9. The summed E-state index contributed by atoms with van der Waals surface area (Å²) in [4.78, 5) is 16.5. The van der Waals surface area contributed by atoms with Crippen molar-refractivity contribution in [2.75, 3.05) is 32.7 Å². The van der Waals surface area contributed by atoms with E-state index in [2.05, 4.69) is 211 Å². The number of hydrogen-bond acceptors (Lipinski definition) is 4. The molecule has 0 unspecified atom stereocenters. The minimum Gasteiger partial charge on any atom is -0.393 e. The average Bonchev–Trinajstić information content (AvgIpc) is 3.89. The number of nitrogens with zero attached hydrogens (tertiary/aromatic N) is 1. The lowest BCUT2D eigenvalue weighted by molar-refractivity contribution is -0.121. The summed E-state index contributed by atoms with van der Waals surface area (Å²) in [6, 6.07) is 66.0. The highest BCUT2D eigenvalue weighted by molar-refractivity contribution is 5.75. The summed E-state index contributed by atoms with van der Waals surface area (Å²) in [5.41, 5.74) is 7.11. The van der Waals surface area contributed by atoms with Crippen LogP contribution >= 0.6 is 0 Å². The predicted molar refractivity (Wildman–Crippen MR) is 300 cm³/mol. The molecule has 6 aromatic rings. The van der Waals surface area contributed by atoms with Crippen molar-refractivity contribution in [3.63, 3.8) is 0 Å². The highest BCUT2D eigenvalue weighted by atomic mass is 16.3. The van der Waals surface area contributed by atoms with Crippen molar-refractivity contribution in [3.8, 4) is 0 Å². The Kier molecular flexibility index (Phi) is 16.5. The third-order valence-electron chi connectivity index (χ3n) is 19.6. The van der Waals surface area contributed by atoms with Crippen molar-refractivity contribution >= 4 is 5.91 Å². The first kappa shape index (κ1) is 51.2. The summed E-state index contributed by atoms with van der Waals surface area (Å²) < 4.78 is 0. The first-order valence-corrected chi connectivity index (χ1v) is 28.5. The minimum absolute atomic E-state index is 0.0795. The van der Waals surface area contributed by atoms with Gasteiger partial charge in [0.05, 0.1) is 11.6 Å². The van der Waals surface area contributed by atoms with Gasteiger partial charge in [-0.15, -0.1) is 0 Å². The summed E-state index contributed by atoms with van der Waals surface area (Å²) in [5.74, 6) is 5.61. The molecule has 0 saturated heterocycles. The van der Waals surface area contributed by atoms with E-state index in [0.29, 0.717) is 30.2 Å². The van der Waals surface area contributed by atoms with E-state index in [9.17, 15) is 9.90 Å². The van der Waals surface area contributed by atoms with Crippen LogP contribution in [0.25, 0.3) is 0 Å². The molecule has 1 amide bonds. The zero-order valence-electron chi connectivity index (χ0n) is 44.0. The fraction of sp³-hybridized carbons (Fsp3) is 0.456. The van der Waals surface area contributed by atoms with Crippen molar-refractivity contribution in [2.45, 2.75) is 114 Å². The van der Waals surface area contributed by atoms with Gasteiger partial charge in [0.2, 0.25) is 5.91 Å². The number of amides is 1. The Balaban J connectivity index is 0.830. The van der Waals surface area contributed by atoms with Gasteiger partial charge in [0.1, 0.15) is 0 Å². The molecule has 10 rings (SSSR count). The average molecular weight is 974 g/mol. The number of fused-ring (bicyclic) bond motifs is 5. The Hall–Kier alpha value is -5.33. The second kappa shape index (κ2) is 23.5. The minimum atomic E-state index is -0.556. The summed E-state index contributed by atoms with van der Waals surface area (Å²) in [5, 5.41) is 18.1. The van der Waals surface area contributed by atoms with Crippen LogP contribution in [0.1, 0.15) is 131 Å². The smallest absolute Gasteiger partial charge is 0.220 e. The van der Waals surface area contributed by atoms with Gasteiger partial charge < -0.3 is 15.3 Å². The van der Waals surface area contributed by atoms with Gasteiger partial charge >= 0.3 is 0 Å². The summed E-state index contributed by atoms with van der Waals surface area (Å²) in [6.07, 6.45) is 14.8. The molecule has 3 N–H and O–H groups in total. The van der Waals surface area contributed by atoms with Crippen molar-refractivity contribution < 1.29 is 9.90 Å². The maximum absolute atomic E-state index is 13.9. The molecule has 4 aliphatic carbocycles. The van der Waals surface area contributed by atoms with Gasteiger partial charge in [0.25, 0.3) is 0 Å². The second-order valence-electron chi connectivity index (χ2n) is 23.2. The molecule has 5 nitrogen and oxygen atoms in total. The summed E-state index contributed by atoms with van der Waals surface area (Å²) in [7, 11) is 0. The Morgan fingerprint density at radius 2 is 1.07 bits per heavy atom. The van der Waals surface area contributed by atoms with Crippen molar-refractivity contribution in [1.29, 1.82) is 0 Å². The van der Waals surface area contributed by atoms with Crippen LogP contribution in [0.4, 0.5) is 0 Å². The molecule has 0 heterocycles. The van der Waals surface area contributed by atoms with Gasteiger partial charge in [0, 0.05) is 38.0 Å². The number of carbonyl (C=O) groups is 1. The molecule has 0 radical (unpaired) electrons. The monoisotopic (exact) mass is 974 g/mol. The van der Waals surface area contributed by atoms with E-state index in [1.54, 1.807) is 0 Å². The van der Waals surface area contributed by atoms with E-state index in [-0.39, 0.29) is 17.4 Å². The summed E-state index contributed by atoms with van der Waals surface area (Å²) in [6.45, 7) is 8.94. The predicted octanol–water partition coefficient (Wildman–Crippen LogP) is 13.8. The lowest BCUT2D eigenvalue weighted by Gasteiger charge is -2.59. The Morgan fingerprint density at radius 1 is 0.589 bits per heavy atom. The molecule has 5 heteroatoms. The topological polar surface area (TPSA) is 64.6 Å². The van der Waals surface area contributed by atoms with Crippen LogP contribution in [0, 0.1) is 46.8 Å². The number of hydrogen-bond donors (Lipinski definition) is 3. The van der Waals surface area contributed by atoms with E-state index in [4.69, 9.17) is 0 Å². The van der Waals surface area contributed by atoms with Gasteiger partial charge in [-0.25, -0.2) is 0 Å². The molecule has 4 fully saturated rings. The Labute approximate surface area is 438 Å². The van der Waals surface area contributed by atoms with Gasteiger partial charge in [-0.2, -0.15) is 0 Å². The largest absolute Gasteiger partial charge is 0.393 e. The van der Waals surface area contributed by atoms with E-state index in [0.717, 1.165) is 87.9 Å². The molecular formula is C68H83N3O2. The SMILES string of the molecule is C[C@H](CCC(=O)NCCN(CCCC(c1ccccc1)(c1ccccc1)c1ccccc1)CCNC(c1ccccc1)(c1ccccc1)c1ccccc1)[C@H]1CC[C@@H]2[C@@H]1CC[C@H]1[C@H]2CC[C@@H]2C[C@H](O)CC[C@@]21C. The molecule has 4 aliphatic rings. The highest BCUT2D eigenvalue weighted by Crippen LogP contribution is 2.64. The quantitative estimate of drug-likeness (QED) is 0.0629. The molecular weight excluding hydrogens is 891 g/mol. The molecule has 0 aromatic heterocycles. The van der Waals surface area contributed by atoms with E-state index >= 15 is 0 Å². The number of rotatable bonds is 21. The van der Waals surface area contributed by atoms with Gasteiger partial charge in [-0.05, 0) is 164 Å². The van der Waals surface area contributed by atoms with Crippen LogP contribution in [-0.2, 0) is 15.7 Å². The van der Waals surface area contributed by atoms with Crippen LogP contribution in [0.2, 0.25) is 0 Å². The Morgan fingerprint density at radius 3 is 1.60 bits per heavy atom. The van der Waals surface area contributed by atoms with Gasteiger partial charge in [-0.3, -0.25) is 10.1 Å². The first-order chi connectivity index (χ1) is 35.8. The van der Waals surface area contributed by atoms with Gasteiger partial charge in [-0.1, -0.05) is 196 Å². The molecule has 0 bridgehead atoms. The van der Waals surface area contributed by atoms with Crippen LogP contribution < -0.4 is 10.6 Å². The molecule has 382 valence electrons. The summed E-state index contributed by atoms with van der Waals surface area (Å²) >= 11 is 0. The van der Waals surface area contributed by atoms with Crippen molar-refractivity contribution in [2.24, 2.45) is 46.8 Å². The van der Waals surface area contributed by atoms with Crippen molar-refractivity contribution in [3.05, 3.63) is 215 Å². The Bertz CT molecular complexity index is 2290. The number of carbonyl (C=O) groups excluding carboxylic acids is 1. The number of nitrogens with one attached hydrogen (secondary N) is 2. The highest BCUT2D eigenvalue weighted by Gasteiger charge is 2.56. The first-order valence-electron chi connectivity index (χ1n) is 28.5. The zero-order valence-corrected chi connectivity index (χ0v) is 44.0. The second-order valence-corrected chi connectivity index (χ2v) is 23.2. The lowest BCUT2D eigenvalue weighted by Crippen LogP contribution is -2.52. The molecule has 6 aromatic carbocycles. The molecule has 4 saturated carbocycles.